The van der Waals surface area contributed by atoms with E-state index in [9.17, 15) is 22.4 Å². The fourth-order valence-corrected chi connectivity index (χ4v) is 3.88. The van der Waals surface area contributed by atoms with Crippen molar-refractivity contribution in [1.82, 2.24) is 0 Å². The maximum atomic E-state index is 13.9. The molecule has 2 atom stereocenters. The molecule has 1 aliphatic heterocycles. The van der Waals surface area contributed by atoms with E-state index in [2.05, 4.69) is 9.84 Å². The van der Waals surface area contributed by atoms with Gasteiger partial charge in [-0.1, -0.05) is 29.8 Å². The zero-order chi connectivity index (χ0) is 24.3. The van der Waals surface area contributed by atoms with Crippen LogP contribution in [0, 0.1) is 18.3 Å². The molecule has 1 aliphatic rings. The lowest BCUT2D eigenvalue weighted by molar-refractivity contribution is -0.144. The molecule has 0 saturated carbocycles. The summed E-state index contributed by atoms with van der Waals surface area (Å²) in [5.41, 5.74) is -1.41. The molecule has 0 saturated heterocycles. The molecule has 0 aromatic heterocycles. The first kappa shape index (κ1) is 24.4. The summed E-state index contributed by atoms with van der Waals surface area (Å²) in [5, 5.41) is 0.405. The standard InChI is InChI=1S/C23H17ClF4N2O3/c1-29-21-18(15-9-8-14(25)10-16(15)23(26,27)28)19(22(31)33-3)17(11-32-2)30-20(21)12-4-6-13(24)7-5-12/h4-10,18-19H,11H2,2-3H3. The van der Waals surface area contributed by atoms with E-state index in [4.69, 9.17) is 27.6 Å². The molecule has 5 nitrogen and oxygen atoms in total. The first-order valence-electron chi connectivity index (χ1n) is 9.50. The van der Waals surface area contributed by atoms with Gasteiger partial charge in [0.25, 0.3) is 0 Å². The van der Waals surface area contributed by atoms with Crippen molar-refractivity contribution < 1.29 is 31.8 Å². The summed E-state index contributed by atoms with van der Waals surface area (Å²) in [6.45, 7) is 7.55. The number of nitrogens with zero attached hydrogens (tertiary/aromatic N) is 2. The molecule has 3 rings (SSSR count). The molecule has 1 heterocycles. The number of rotatable bonds is 5. The molecule has 0 radical (unpaired) electrons. The van der Waals surface area contributed by atoms with E-state index in [-0.39, 0.29) is 23.7 Å². The first-order chi connectivity index (χ1) is 15.6. The predicted molar refractivity (Wildman–Crippen MR) is 114 cm³/mol. The van der Waals surface area contributed by atoms with Gasteiger partial charge in [0.15, 0.2) is 5.70 Å². The fourth-order valence-electron chi connectivity index (χ4n) is 3.75. The summed E-state index contributed by atoms with van der Waals surface area (Å²) < 4.78 is 65.4. The Balaban J connectivity index is 2.39. The SMILES string of the molecule is [C-]#[N+]C1=C(c2ccc(Cl)cc2)N=C(COC)C(C(=O)OC)C1c1ccc(F)cc1C(F)(F)F. The van der Waals surface area contributed by atoms with Gasteiger partial charge < -0.3 is 9.47 Å². The van der Waals surface area contributed by atoms with Crippen LogP contribution in [0.1, 0.15) is 22.6 Å². The highest BCUT2D eigenvalue weighted by Gasteiger charge is 2.46. The second-order valence-corrected chi connectivity index (χ2v) is 7.53. The highest BCUT2D eigenvalue weighted by Crippen LogP contribution is 2.47. The lowest BCUT2D eigenvalue weighted by Gasteiger charge is -2.32. The van der Waals surface area contributed by atoms with Gasteiger partial charge in [-0.3, -0.25) is 9.79 Å². The third-order valence-electron chi connectivity index (χ3n) is 5.13. The Morgan fingerprint density at radius 1 is 1.18 bits per heavy atom. The maximum Gasteiger partial charge on any atom is 0.416 e. The van der Waals surface area contributed by atoms with Crippen molar-refractivity contribution in [3.63, 3.8) is 0 Å². The number of hydrogen-bond acceptors (Lipinski definition) is 4. The molecule has 172 valence electrons. The molecule has 2 aromatic rings. The summed E-state index contributed by atoms with van der Waals surface area (Å²) in [4.78, 5) is 20.6. The molecule has 2 unspecified atom stereocenters. The fraction of sp³-hybridized carbons (Fsp3) is 0.261. The van der Waals surface area contributed by atoms with Crippen LogP contribution in [-0.2, 0) is 20.4 Å². The number of esters is 1. The average molecular weight is 481 g/mol. The minimum Gasteiger partial charge on any atom is -0.469 e. The van der Waals surface area contributed by atoms with Crippen LogP contribution in [0.25, 0.3) is 10.5 Å². The van der Waals surface area contributed by atoms with Crippen molar-refractivity contribution in [2.45, 2.75) is 12.1 Å². The number of carbonyl (C=O) groups excluding carboxylic acids is 1. The Morgan fingerprint density at radius 2 is 1.85 bits per heavy atom. The van der Waals surface area contributed by atoms with Gasteiger partial charge >= 0.3 is 12.1 Å². The highest BCUT2D eigenvalue weighted by atomic mass is 35.5. The summed E-state index contributed by atoms with van der Waals surface area (Å²) in [6, 6.07) is 8.32. The highest BCUT2D eigenvalue weighted by molar-refractivity contribution is 6.30. The molecular formula is C23H17ClF4N2O3. The second-order valence-electron chi connectivity index (χ2n) is 7.10. The number of benzene rings is 2. The van der Waals surface area contributed by atoms with Gasteiger partial charge in [-0.05, 0) is 35.4 Å². The van der Waals surface area contributed by atoms with Crippen molar-refractivity contribution in [2.75, 3.05) is 20.8 Å². The largest absolute Gasteiger partial charge is 0.469 e. The van der Waals surface area contributed by atoms with Crippen molar-refractivity contribution in [1.29, 1.82) is 0 Å². The minimum atomic E-state index is -4.94. The summed E-state index contributed by atoms with van der Waals surface area (Å²) >= 11 is 5.94. The summed E-state index contributed by atoms with van der Waals surface area (Å²) in [7, 11) is 2.41. The predicted octanol–water partition coefficient (Wildman–Crippen LogP) is 5.76. The van der Waals surface area contributed by atoms with E-state index in [1.807, 2.05) is 0 Å². The van der Waals surface area contributed by atoms with Gasteiger partial charge in [-0.15, -0.1) is 0 Å². The van der Waals surface area contributed by atoms with Gasteiger partial charge in [-0.25, -0.2) is 9.24 Å². The molecule has 33 heavy (non-hydrogen) atoms. The Morgan fingerprint density at radius 3 is 2.39 bits per heavy atom. The molecule has 0 spiro atoms. The molecule has 0 N–H and O–H groups in total. The lowest BCUT2D eigenvalue weighted by atomic mass is 9.76. The van der Waals surface area contributed by atoms with Crippen molar-refractivity contribution in [2.24, 2.45) is 10.9 Å². The Labute approximate surface area is 192 Å². The van der Waals surface area contributed by atoms with Crippen molar-refractivity contribution >= 4 is 29.0 Å². The number of methoxy groups -OCH3 is 2. The van der Waals surface area contributed by atoms with Crippen molar-refractivity contribution in [3.8, 4) is 0 Å². The smallest absolute Gasteiger partial charge is 0.416 e. The van der Waals surface area contributed by atoms with E-state index >= 15 is 0 Å². The van der Waals surface area contributed by atoms with Crippen LogP contribution in [-0.4, -0.2) is 32.5 Å². The van der Waals surface area contributed by atoms with Crippen LogP contribution in [0.3, 0.4) is 0 Å². The van der Waals surface area contributed by atoms with Gasteiger partial charge in [-0.2, -0.15) is 13.2 Å². The number of hydrogen-bond donors (Lipinski definition) is 0. The van der Waals surface area contributed by atoms with Gasteiger partial charge in [0, 0.05) is 18.1 Å². The van der Waals surface area contributed by atoms with Crippen molar-refractivity contribution in [3.05, 3.63) is 87.1 Å². The van der Waals surface area contributed by atoms with Gasteiger partial charge in [0.1, 0.15) is 5.82 Å². The molecule has 0 amide bonds. The van der Waals surface area contributed by atoms with E-state index in [1.54, 1.807) is 12.1 Å². The topological polar surface area (TPSA) is 52.2 Å². The maximum absolute atomic E-state index is 13.9. The molecule has 2 aromatic carbocycles. The third-order valence-corrected chi connectivity index (χ3v) is 5.38. The third kappa shape index (κ3) is 4.92. The Hall–Kier alpha value is -3.22. The van der Waals surface area contributed by atoms with Crippen LogP contribution in [0.4, 0.5) is 17.6 Å². The molecule has 0 aliphatic carbocycles. The number of ether oxygens (including phenoxy) is 2. The molecule has 0 fully saturated rings. The summed E-state index contributed by atoms with van der Waals surface area (Å²) in [6.07, 6.45) is -4.94. The van der Waals surface area contributed by atoms with E-state index in [0.29, 0.717) is 16.7 Å². The number of halogens is 5. The van der Waals surface area contributed by atoms with Crippen LogP contribution in [0.15, 0.2) is 53.2 Å². The van der Waals surface area contributed by atoms with Crippen LogP contribution >= 0.6 is 11.6 Å². The average Bonchev–Trinajstić information content (AvgIpc) is 2.78. The normalized spacial score (nSPS) is 18.5. The number of carbonyl (C=O) groups is 1. The summed E-state index contributed by atoms with van der Waals surface area (Å²) in [5.74, 6) is -4.83. The Bertz CT molecular complexity index is 1170. The monoisotopic (exact) mass is 480 g/mol. The molecule has 10 heteroatoms. The molecule has 0 bridgehead atoms. The van der Waals surface area contributed by atoms with E-state index in [0.717, 1.165) is 19.2 Å². The van der Waals surface area contributed by atoms with Crippen LogP contribution in [0.2, 0.25) is 5.02 Å². The zero-order valence-electron chi connectivity index (χ0n) is 17.4. The van der Waals surface area contributed by atoms with E-state index < -0.39 is 40.9 Å². The lowest BCUT2D eigenvalue weighted by Crippen LogP contribution is -2.37. The van der Waals surface area contributed by atoms with E-state index in [1.165, 1.54) is 19.2 Å². The zero-order valence-corrected chi connectivity index (χ0v) is 18.2. The van der Waals surface area contributed by atoms with Gasteiger partial charge in [0.05, 0.1) is 43.2 Å². The number of alkyl halides is 3. The minimum absolute atomic E-state index is 0.0660. The number of allylic oxidation sites excluding steroid dienone is 1. The molecular weight excluding hydrogens is 464 g/mol. The first-order valence-corrected chi connectivity index (χ1v) is 9.88. The van der Waals surface area contributed by atoms with Crippen LogP contribution < -0.4 is 0 Å². The van der Waals surface area contributed by atoms with Crippen LogP contribution in [0.5, 0.6) is 0 Å². The number of aliphatic imine (C=N–C) groups is 1. The van der Waals surface area contributed by atoms with Gasteiger partial charge in [0.2, 0.25) is 0 Å². The Kier molecular flexibility index (Phi) is 7.20. The second kappa shape index (κ2) is 9.73. The quantitative estimate of drug-likeness (QED) is 0.310.